The van der Waals surface area contributed by atoms with Crippen LogP contribution in [0.1, 0.15) is 27.7 Å². The lowest BCUT2D eigenvalue weighted by Gasteiger charge is -2.32. The van der Waals surface area contributed by atoms with Crippen LogP contribution in [0.4, 0.5) is 0 Å². The number of aromatic nitrogens is 2. The average Bonchev–Trinajstić information content (AvgIpc) is 3.15. The normalized spacial score (nSPS) is 18.2. The van der Waals surface area contributed by atoms with Gasteiger partial charge in [-0.1, -0.05) is 12.1 Å². The van der Waals surface area contributed by atoms with Gasteiger partial charge in [-0.15, -0.1) is 11.3 Å². The Morgan fingerprint density at radius 3 is 1.96 bits per heavy atom. The van der Waals surface area contributed by atoms with E-state index in [1.807, 2.05) is 48.8 Å². The largest absolute Gasteiger partial charge is 0.496 e. The van der Waals surface area contributed by atoms with E-state index < -0.39 is 7.12 Å². The van der Waals surface area contributed by atoms with Crippen molar-refractivity contribution in [3.8, 4) is 21.8 Å². The van der Waals surface area contributed by atoms with Crippen molar-refractivity contribution in [3.05, 3.63) is 54.2 Å². The predicted octanol–water partition coefficient (Wildman–Crippen LogP) is 4.17. The molecule has 0 atom stereocenters. The van der Waals surface area contributed by atoms with Gasteiger partial charge in [-0.25, -0.2) is 0 Å². The van der Waals surface area contributed by atoms with Crippen molar-refractivity contribution in [1.29, 1.82) is 0 Å². The highest BCUT2D eigenvalue weighted by atomic mass is 32.1. The van der Waals surface area contributed by atoms with E-state index >= 15 is 0 Å². The summed E-state index contributed by atoms with van der Waals surface area (Å²) in [5, 5.41) is 2.11. The Bertz CT molecular complexity index is 894. The van der Waals surface area contributed by atoms with Crippen LogP contribution in [0.3, 0.4) is 0 Å². The molecular formula is C20H21BN2O2S. The van der Waals surface area contributed by atoms with Gasteiger partial charge in [0.05, 0.1) is 27.5 Å². The van der Waals surface area contributed by atoms with Crippen molar-refractivity contribution in [1.82, 2.24) is 9.97 Å². The van der Waals surface area contributed by atoms with E-state index in [-0.39, 0.29) is 11.2 Å². The van der Waals surface area contributed by atoms with Gasteiger partial charge in [0.1, 0.15) is 0 Å². The fourth-order valence-electron chi connectivity index (χ4n) is 2.98. The topological polar surface area (TPSA) is 44.2 Å². The molecule has 1 aliphatic heterocycles. The molecule has 4 heterocycles. The summed E-state index contributed by atoms with van der Waals surface area (Å²) in [5.74, 6) is 0. The van der Waals surface area contributed by atoms with E-state index in [1.54, 1.807) is 11.3 Å². The Kier molecular flexibility index (Phi) is 4.22. The van der Waals surface area contributed by atoms with E-state index in [4.69, 9.17) is 9.31 Å². The Labute approximate surface area is 158 Å². The molecule has 0 radical (unpaired) electrons. The van der Waals surface area contributed by atoms with Gasteiger partial charge < -0.3 is 9.31 Å². The SMILES string of the molecule is CC1(C)OB(c2csc(-c3ccccn3)c2-c2ccccn2)OC1(C)C. The maximum Gasteiger partial charge on any atom is 0.496 e. The number of thiophene rings is 1. The Morgan fingerprint density at radius 1 is 0.846 bits per heavy atom. The van der Waals surface area contributed by atoms with E-state index in [9.17, 15) is 0 Å². The molecule has 0 N–H and O–H groups in total. The molecular weight excluding hydrogens is 343 g/mol. The molecule has 0 amide bonds. The van der Waals surface area contributed by atoms with Gasteiger partial charge in [0, 0.05) is 23.4 Å². The second-order valence-corrected chi connectivity index (χ2v) is 8.29. The first-order valence-corrected chi connectivity index (χ1v) is 9.57. The first-order chi connectivity index (χ1) is 12.4. The van der Waals surface area contributed by atoms with Crippen LogP contribution in [0.2, 0.25) is 0 Å². The number of pyridine rings is 2. The van der Waals surface area contributed by atoms with Crippen LogP contribution in [0.5, 0.6) is 0 Å². The first-order valence-electron chi connectivity index (χ1n) is 8.69. The van der Waals surface area contributed by atoms with Gasteiger partial charge in [-0.3, -0.25) is 9.97 Å². The van der Waals surface area contributed by atoms with E-state index in [0.29, 0.717) is 0 Å². The molecule has 1 fully saturated rings. The van der Waals surface area contributed by atoms with Crippen molar-refractivity contribution in [2.75, 3.05) is 0 Å². The molecule has 26 heavy (non-hydrogen) atoms. The molecule has 0 aromatic carbocycles. The van der Waals surface area contributed by atoms with Crippen LogP contribution in [0.25, 0.3) is 21.8 Å². The fraction of sp³-hybridized carbons (Fsp3) is 0.300. The van der Waals surface area contributed by atoms with E-state index in [2.05, 4.69) is 43.0 Å². The van der Waals surface area contributed by atoms with E-state index in [1.165, 1.54) is 0 Å². The summed E-state index contributed by atoms with van der Waals surface area (Å²) >= 11 is 1.65. The fourth-order valence-corrected chi connectivity index (χ4v) is 4.03. The summed E-state index contributed by atoms with van der Waals surface area (Å²) in [6.45, 7) is 8.28. The minimum Gasteiger partial charge on any atom is -0.399 e. The van der Waals surface area contributed by atoms with E-state index in [0.717, 1.165) is 27.3 Å². The highest BCUT2D eigenvalue weighted by molar-refractivity contribution is 7.15. The van der Waals surface area contributed by atoms with Gasteiger partial charge in [0.2, 0.25) is 0 Å². The third-order valence-electron chi connectivity index (χ3n) is 5.15. The summed E-state index contributed by atoms with van der Waals surface area (Å²) in [5.41, 5.74) is 3.11. The zero-order valence-electron chi connectivity index (χ0n) is 15.4. The van der Waals surface area contributed by atoms with Crippen LogP contribution in [-0.2, 0) is 9.31 Å². The molecule has 0 aliphatic carbocycles. The Balaban J connectivity index is 1.86. The summed E-state index contributed by atoms with van der Waals surface area (Å²) in [7, 11) is -0.425. The maximum atomic E-state index is 6.30. The van der Waals surface area contributed by atoms with Crippen LogP contribution in [-0.4, -0.2) is 28.3 Å². The second-order valence-electron chi connectivity index (χ2n) is 7.41. The van der Waals surface area contributed by atoms with Crippen molar-refractivity contribution in [2.24, 2.45) is 0 Å². The molecule has 0 bridgehead atoms. The zero-order valence-corrected chi connectivity index (χ0v) is 16.2. The molecule has 3 aromatic heterocycles. The summed E-state index contributed by atoms with van der Waals surface area (Å²) in [6, 6.07) is 11.9. The Hall–Kier alpha value is -2.02. The molecule has 4 nitrogen and oxygen atoms in total. The van der Waals surface area contributed by atoms with Crippen molar-refractivity contribution in [2.45, 2.75) is 38.9 Å². The van der Waals surface area contributed by atoms with Crippen LogP contribution < -0.4 is 5.46 Å². The maximum absolute atomic E-state index is 6.30. The van der Waals surface area contributed by atoms with Gasteiger partial charge in [0.15, 0.2) is 0 Å². The quantitative estimate of drug-likeness (QED) is 0.655. The number of rotatable bonds is 3. The standard InChI is InChI=1S/C20H21BN2O2S/c1-19(2)20(3,4)25-21(24-19)14-13-26-18(16-10-6-8-12-23-16)17(14)15-9-5-7-11-22-15/h5-13H,1-4H3. The highest BCUT2D eigenvalue weighted by Crippen LogP contribution is 2.40. The summed E-state index contributed by atoms with van der Waals surface area (Å²) in [6.07, 6.45) is 3.62. The molecule has 1 aliphatic rings. The first kappa shape index (κ1) is 17.4. The van der Waals surface area contributed by atoms with Gasteiger partial charge in [-0.2, -0.15) is 0 Å². The molecule has 6 heteroatoms. The lowest BCUT2D eigenvalue weighted by Crippen LogP contribution is -2.41. The minimum absolute atomic E-state index is 0.383. The third kappa shape index (κ3) is 2.88. The molecule has 0 unspecified atom stereocenters. The van der Waals surface area contributed by atoms with Crippen LogP contribution in [0, 0.1) is 0 Å². The van der Waals surface area contributed by atoms with Crippen molar-refractivity contribution >= 4 is 23.9 Å². The number of nitrogens with zero attached hydrogens (tertiary/aromatic N) is 2. The summed E-state index contributed by atoms with van der Waals surface area (Å²) < 4.78 is 12.6. The van der Waals surface area contributed by atoms with Crippen LogP contribution in [0.15, 0.2) is 54.2 Å². The smallest absolute Gasteiger partial charge is 0.399 e. The lowest BCUT2D eigenvalue weighted by molar-refractivity contribution is 0.00578. The molecule has 132 valence electrons. The monoisotopic (exact) mass is 364 g/mol. The summed E-state index contributed by atoms with van der Waals surface area (Å²) in [4.78, 5) is 10.2. The van der Waals surface area contributed by atoms with Crippen molar-refractivity contribution < 1.29 is 9.31 Å². The minimum atomic E-state index is -0.425. The Morgan fingerprint density at radius 2 is 1.42 bits per heavy atom. The third-order valence-corrected chi connectivity index (χ3v) is 6.17. The van der Waals surface area contributed by atoms with Gasteiger partial charge in [-0.05, 0) is 57.3 Å². The molecule has 1 saturated heterocycles. The second kappa shape index (κ2) is 6.30. The van der Waals surface area contributed by atoms with Crippen LogP contribution >= 0.6 is 11.3 Å². The molecule has 0 saturated carbocycles. The van der Waals surface area contributed by atoms with Crippen molar-refractivity contribution in [3.63, 3.8) is 0 Å². The van der Waals surface area contributed by atoms with Gasteiger partial charge in [0.25, 0.3) is 0 Å². The molecule has 4 rings (SSSR count). The lowest BCUT2D eigenvalue weighted by atomic mass is 9.77. The molecule has 3 aromatic rings. The zero-order chi connectivity index (χ0) is 18.4. The molecule has 0 spiro atoms. The number of hydrogen-bond acceptors (Lipinski definition) is 5. The van der Waals surface area contributed by atoms with Gasteiger partial charge >= 0.3 is 7.12 Å². The highest BCUT2D eigenvalue weighted by Gasteiger charge is 2.52. The number of hydrogen-bond donors (Lipinski definition) is 0. The average molecular weight is 364 g/mol. The predicted molar refractivity (Wildman–Crippen MR) is 106 cm³/mol.